The van der Waals surface area contributed by atoms with Crippen molar-refractivity contribution in [2.45, 2.75) is 45.3 Å². The maximum absolute atomic E-state index is 12.3. The Morgan fingerprint density at radius 2 is 1.91 bits per heavy atom. The van der Waals surface area contributed by atoms with Crippen LogP contribution in [0.15, 0.2) is 12.1 Å². The Hall–Kier alpha value is -0.840. The quantitative estimate of drug-likeness (QED) is 0.758. The van der Waals surface area contributed by atoms with Gasteiger partial charge >= 0.3 is 6.09 Å². The van der Waals surface area contributed by atoms with Crippen LogP contribution in [0.3, 0.4) is 0 Å². The third-order valence-electron chi connectivity index (χ3n) is 3.53. The van der Waals surface area contributed by atoms with Crippen molar-refractivity contribution in [1.29, 1.82) is 0 Å². The van der Waals surface area contributed by atoms with E-state index in [2.05, 4.69) is 5.32 Å². The average molecular weight is 380 g/mol. The van der Waals surface area contributed by atoms with E-state index >= 15 is 0 Å². The monoisotopic (exact) mass is 378 g/mol. The lowest BCUT2D eigenvalue weighted by Gasteiger charge is -2.29. The number of anilines is 1. The SMILES string of the molecule is CC(C)(C)OC(=O)N1CCCC1CNc1c(Cl)cc(Cl)cc1Cl. The van der Waals surface area contributed by atoms with Gasteiger partial charge in [0.2, 0.25) is 0 Å². The number of amides is 1. The number of likely N-dealkylation sites (tertiary alicyclic amines) is 1. The molecule has 1 amide bonds. The summed E-state index contributed by atoms with van der Waals surface area (Å²) in [5.41, 5.74) is 0.134. The van der Waals surface area contributed by atoms with Gasteiger partial charge in [0.05, 0.1) is 21.8 Å². The molecule has 23 heavy (non-hydrogen) atoms. The number of benzene rings is 1. The molecule has 0 saturated carbocycles. The highest BCUT2D eigenvalue weighted by atomic mass is 35.5. The molecule has 0 radical (unpaired) electrons. The molecule has 1 N–H and O–H groups in total. The second-order valence-electron chi connectivity index (χ2n) is 6.60. The second-order valence-corrected chi connectivity index (χ2v) is 7.85. The predicted molar refractivity (Wildman–Crippen MR) is 95.9 cm³/mol. The molecular weight excluding hydrogens is 359 g/mol. The van der Waals surface area contributed by atoms with Crippen LogP contribution in [0.4, 0.5) is 10.5 Å². The number of carbonyl (C=O) groups excluding carboxylic acids is 1. The van der Waals surface area contributed by atoms with Crippen molar-refractivity contribution in [2.24, 2.45) is 0 Å². The third-order valence-corrected chi connectivity index (χ3v) is 4.34. The lowest BCUT2D eigenvalue weighted by Crippen LogP contribution is -2.42. The van der Waals surface area contributed by atoms with Crippen LogP contribution in [0, 0.1) is 0 Å². The van der Waals surface area contributed by atoms with Crippen LogP contribution in [0.25, 0.3) is 0 Å². The molecule has 1 aliphatic heterocycles. The van der Waals surface area contributed by atoms with Crippen LogP contribution in [0.1, 0.15) is 33.6 Å². The second kappa shape index (κ2) is 7.37. The summed E-state index contributed by atoms with van der Waals surface area (Å²) in [6, 6.07) is 3.32. The first kappa shape index (κ1) is 18.5. The molecule has 2 rings (SSSR count). The molecule has 7 heteroatoms. The van der Waals surface area contributed by atoms with Crippen LogP contribution in [-0.4, -0.2) is 35.7 Å². The van der Waals surface area contributed by atoms with Gasteiger partial charge in [-0.05, 0) is 45.7 Å². The fourth-order valence-corrected chi connectivity index (χ4v) is 3.49. The minimum Gasteiger partial charge on any atom is -0.444 e. The summed E-state index contributed by atoms with van der Waals surface area (Å²) in [7, 11) is 0. The molecule has 0 aliphatic carbocycles. The lowest BCUT2D eigenvalue weighted by molar-refractivity contribution is 0.0235. The standard InChI is InChI=1S/C16H21Cl3N2O2/c1-16(2,3)23-15(22)21-6-4-5-11(21)9-20-14-12(18)7-10(17)8-13(14)19/h7-8,11,20H,4-6,9H2,1-3H3. The van der Waals surface area contributed by atoms with Gasteiger partial charge in [-0.2, -0.15) is 0 Å². The molecule has 0 bridgehead atoms. The molecule has 1 atom stereocenters. The van der Waals surface area contributed by atoms with Gasteiger partial charge in [0.25, 0.3) is 0 Å². The summed E-state index contributed by atoms with van der Waals surface area (Å²) in [5.74, 6) is 0. The van der Waals surface area contributed by atoms with Crippen molar-refractivity contribution in [1.82, 2.24) is 4.90 Å². The fourth-order valence-electron chi connectivity index (χ4n) is 2.54. The molecule has 0 spiro atoms. The number of carbonyl (C=O) groups is 1. The van der Waals surface area contributed by atoms with E-state index in [1.807, 2.05) is 20.8 Å². The fraction of sp³-hybridized carbons (Fsp3) is 0.562. The van der Waals surface area contributed by atoms with E-state index in [4.69, 9.17) is 39.5 Å². The van der Waals surface area contributed by atoms with Crippen LogP contribution in [-0.2, 0) is 4.74 Å². The zero-order valence-corrected chi connectivity index (χ0v) is 15.7. The molecular formula is C16H21Cl3N2O2. The van der Waals surface area contributed by atoms with Gasteiger partial charge in [0.1, 0.15) is 5.60 Å². The van der Waals surface area contributed by atoms with Crippen LogP contribution in [0.5, 0.6) is 0 Å². The minimum atomic E-state index is -0.500. The molecule has 1 unspecified atom stereocenters. The summed E-state index contributed by atoms with van der Waals surface area (Å²) in [5, 5.41) is 4.64. The van der Waals surface area contributed by atoms with Crippen molar-refractivity contribution < 1.29 is 9.53 Å². The molecule has 1 heterocycles. The largest absolute Gasteiger partial charge is 0.444 e. The first-order chi connectivity index (χ1) is 10.7. The Morgan fingerprint density at radius 1 is 1.30 bits per heavy atom. The van der Waals surface area contributed by atoms with Gasteiger partial charge < -0.3 is 15.0 Å². The highest BCUT2D eigenvalue weighted by Crippen LogP contribution is 2.34. The zero-order chi connectivity index (χ0) is 17.2. The predicted octanol–water partition coefficient (Wildman–Crippen LogP) is 5.46. The van der Waals surface area contributed by atoms with E-state index in [-0.39, 0.29) is 12.1 Å². The van der Waals surface area contributed by atoms with Gasteiger partial charge in [-0.1, -0.05) is 34.8 Å². The summed E-state index contributed by atoms with van der Waals surface area (Å²) >= 11 is 18.2. The van der Waals surface area contributed by atoms with Gasteiger partial charge in [-0.15, -0.1) is 0 Å². The summed E-state index contributed by atoms with van der Waals surface area (Å²) in [6.07, 6.45) is 1.58. The maximum Gasteiger partial charge on any atom is 0.410 e. The minimum absolute atomic E-state index is 0.0488. The average Bonchev–Trinajstić information content (AvgIpc) is 2.83. The number of nitrogens with zero attached hydrogens (tertiary/aromatic N) is 1. The molecule has 1 aromatic carbocycles. The molecule has 1 fully saturated rings. The van der Waals surface area contributed by atoms with Crippen LogP contribution >= 0.6 is 34.8 Å². The van der Waals surface area contributed by atoms with E-state index in [0.29, 0.717) is 33.8 Å². The lowest BCUT2D eigenvalue weighted by atomic mass is 10.2. The molecule has 1 aliphatic rings. The Bertz CT molecular complexity index is 564. The zero-order valence-electron chi connectivity index (χ0n) is 13.5. The van der Waals surface area contributed by atoms with Crippen molar-refractivity contribution >= 4 is 46.6 Å². The molecule has 4 nitrogen and oxygen atoms in total. The molecule has 0 aromatic heterocycles. The van der Waals surface area contributed by atoms with Crippen LogP contribution in [0.2, 0.25) is 15.1 Å². The highest BCUT2D eigenvalue weighted by Gasteiger charge is 2.32. The normalized spacial score (nSPS) is 18.2. The van der Waals surface area contributed by atoms with E-state index in [1.54, 1.807) is 17.0 Å². The Morgan fingerprint density at radius 3 is 2.48 bits per heavy atom. The van der Waals surface area contributed by atoms with Crippen molar-refractivity contribution in [3.8, 4) is 0 Å². The summed E-state index contributed by atoms with van der Waals surface area (Å²) in [4.78, 5) is 14.0. The number of hydrogen-bond acceptors (Lipinski definition) is 3. The number of halogens is 3. The van der Waals surface area contributed by atoms with E-state index in [0.717, 1.165) is 12.8 Å². The van der Waals surface area contributed by atoms with Gasteiger partial charge in [0, 0.05) is 18.1 Å². The summed E-state index contributed by atoms with van der Waals surface area (Å²) in [6.45, 7) is 6.84. The first-order valence-corrected chi connectivity index (χ1v) is 8.69. The van der Waals surface area contributed by atoms with E-state index < -0.39 is 5.60 Å². The first-order valence-electron chi connectivity index (χ1n) is 7.55. The Balaban J connectivity index is 2.01. The topological polar surface area (TPSA) is 41.6 Å². The highest BCUT2D eigenvalue weighted by molar-refractivity contribution is 6.41. The Kier molecular flexibility index (Phi) is 5.93. The number of nitrogens with one attached hydrogen (secondary N) is 1. The molecule has 1 saturated heterocycles. The molecule has 128 valence electrons. The van der Waals surface area contributed by atoms with Gasteiger partial charge in [0.15, 0.2) is 0 Å². The summed E-state index contributed by atoms with van der Waals surface area (Å²) < 4.78 is 5.46. The van der Waals surface area contributed by atoms with Crippen molar-refractivity contribution in [2.75, 3.05) is 18.4 Å². The smallest absolute Gasteiger partial charge is 0.410 e. The van der Waals surface area contributed by atoms with E-state index in [9.17, 15) is 4.79 Å². The van der Waals surface area contributed by atoms with Gasteiger partial charge in [-0.25, -0.2) is 4.79 Å². The Labute approximate surface area is 152 Å². The van der Waals surface area contributed by atoms with Gasteiger partial charge in [-0.3, -0.25) is 0 Å². The van der Waals surface area contributed by atoms with Crippen LogP contribution < -0.4 is 5.32 Å². The third kappa shape index (κ3) is 5.07. The van der Waals surface area contributed by atoms with E-state index in [1.165, 1.54) is 0 Å². The maximum atomic E-state index is 12.3. The number of hydrogen-bond donors (Lipinski definition) is 1. The van der Waals surface area contributed by atoms with Crippen molar-refractivity contribution in [3.63, 3.8) is 0 Å². The number of ether oxygens (including phenoxy) is 1. The van der Waals surface area contributed by atoms with Crippen molar-refractivity contribution in [3.05, 3.63) is 27.2 Å². The molecule has 1 aromatic rings. The number of rotatable bonds is 3.